The predicted molar refractivity (Wildman–Crippen MR) is 77.7 cm³/mol. The molecule has 1 rings (SSSR count). The Hall–Kier alpha value is -2.98. The number of hydrogen-bond acceptors (Lipinski definition) is 7. The molecule has 1 aromatic heterocycles. The number of anilines is 1. The van der Waals surface area contributed by atoms with Crippen molar-refractivity contribution >= 4 is 24.2 Å². The lowest BCUT2D eigenvalue weighted by Gasteiger charge is -2.08. The zero-order chi connectivity index (χ0) is 17.4. The van der Waals surface area contributed by atoms with Crippen molar-refractivity contribution in [1.29, 1.82) is 0 Å². The number of methoxy groups -OCH3 is 1. The third kappa shape index (κ3) is 5.05. The molecule has 128 valence electrons. The molecular formula is C12H19N5O6. The van der Waals surface area contributed by atoms with Crippen LogP contribution in [-0.4, -0.2) is 49.0 Å². The van der Waals surface area contributed by atoms with Crippen LogP contribution in [0.2, 0.25) is 0 Å². The summed E-state index contributed by atoms with van der Waals surface area (Å²) >= 11 is 0. The summed E-state index contributed by atoms with van der Waals surface area (Å²) in [6, 6.07) is 0. The van der Waals surface area contributed by atoms with E-state index in [-0.39, 0.29) is 19.2 Å². The molecule has 0 unspecified atom stereocenters. The van der Waals surface area contributed by atoms with Gasteiger partial charge in [0.1, 0.15) is 18.9 Å². The van der Waals surface area contributed by atoms with Crippen LogP contribution < -0.4 is 16.0 Å². The molecule has 0 aliphatic carbocycles. The highest BCUT2D eigenvalue weighted by Gasteiger charge is 2.19. The van der Waals surface area contributed by atoms with Gasteiger partial charge < -0.3 is 29.4 Å². The molecule has 0 bridgehead atoms. The molecule has 11 nitrogen and oxygen atoms in total. The van der Waals surface area contributed by atoms with E-state index < -0.39 is 18.3 Å². The second-order valence-corrected chi connectivity index (χ2v) is 4.16. The molecule has 0 saturated carbocycles. The molecule has 23 heavy (non-hydrogen) atoms. The van der Waals surface area contributed by atoms with Crippen LogP contribution in [0.3, 0.4) is 0 Å². The van der Waals surface area contributed by atoms with Crippen molar-refractivity contribution in [3.8, 4) is 0 Å². The minimum Gasteiger partial charge on any atom is -0.453 e. The lowest BCUT2D eigenvalue weighted by atomic mass is 10.3. The molecule has 0 aliphatic heterocycles. The van der Waals surface area contributed by atoms with Gasteiger partial charge in [0.05, 0.1) is 12.8 Å². The van der Waals surface area contributed by atoms with Crippen LogP contribution in [0.1, 0.15) is 11.4 Å². The van der Waals surface area contributed by atoms with E-state index >= 15 is 0 Å². The summed E-state index contributed by atoms with van der Waals surface area (Å²) < 4.78 is 15.9. The zero-order valence-corrected chi connectivity index (χ0v) is 13.3. The molecule has 0 spiro atoms. The van der Waals surface area contributed by atoms with Crippen molar-refractivity contribution in [1.82, 2.24) is 20.2 Å². The van der Waals surface area contributed by atoms with Crippen molar-refractivity contribution in [3.63, 3.8) is 0 Å². The van der Waals surface area contributed by atoms with E-state index in [1.54, 1.807) is 7.05 Å². The molecule has 3 N–H and O–H groups in total. The maximum atomic E-state index is 11.3. The van der Waals surface area contributed by atoms with Gasteiger partial charge in [-0.25, -0.2) is 19.4 Å². The van der Waals surface area contributed by atoms with Gasteiger partial charge in [-0.05, 0) is 0 Å². The van der Waals surface area contributed by atoms with Crippen LogP contribution in [0.5, 0.6) is 0 Å². The lowest BCUT2D eigenvalue weighted by molar-refractivity contribution is 0.131. The Morgan fingerprint density at radius 1 is 1.04 bits per heavy atom. The Kier molecular flexibility index (Phi) is 6.65. The summed E-state index contributed by atoms with van der Waals surface area (Å²) in [4.78, 5) is 37.8. The highest BCUT2D eigenvalue weighted by Crippen LogP contribution is 2.17. The SMILES string of the molecule is CNC(=O)OCc1nc(NC(=O)OC)n(C)c1COC(=O)NC. The van der Waals surface area contributed by atoms with Crippen LogP contribution >= 0.6 is 0 Å². The first-order valence-electron chi connectivity index (χ1n) is 6.51. The Morgan fingerprint density at radius 2 is 1.61 bits per heavy atom. The highest BCUT2D eigenvalue weighted by atomic mass is 16.6. The topological polar surface area (TPSA) is 133 Å². The first-order chi connectivity index (χ1) is 10.9. The van der Waals surface area contributed by atoms with E-state index in [1.165, 1.54) is 25.8 Å². The van der Waals surface area contributed by atoms with E-state index in [1.807, 2.05) is 0 Å². The summed E-state index contributed by atoms with van der Waals surface area (Å²) in [6.45, 7) is -0.290. The number of hydrogen-bond donors (Lipinski definition) is 3. The van der Waals surface area contributed by atoms with Crippen LogP contribution in [0.25, 0.3) is 0 Å². The molecule has 1 heterocycles. The van der Waals surface area contributed by atoms with Crippen molar-refractivity contribution in [3.05, 3.63) is 11.4 Å². The molecule has 0 aliphatic rings. The zero-order valence-electron chi connectivity index (χ0n) is 13.3. The Morgan fingerprint density at radius 3 is 2.13 bits per heavy atom. The maximum absolute atomic E-state index is 11.3. The summed E-state index contributed by atoms with van der Waals surface area (Å²) in [5.74, 6) is 0.155. The quantitative estimate of drug-likeness (QED) is 0.662. The average molecular weight is 329 g/mol. The number of alkyl carbamates (subject to hydrolysis) is 2. The van der Waals surface area contributed by atoms with Gasteiger partial charge in [0.25, 0.3) is 0 Å². The molecule has 0 fully saturated rings. The van der Waals surface area contributed by atoms with Crippen LogP contribution in [-0.2, 0) is 34.5 Å². The number of nitrogens with zero attached hydrogens (tertiary/aromatic N) is 2. The molecule has 3 amide bonds. The smallest absolute Gasteiger partial charge is 0.413 e. The molecule has 0 saturated heterocycles. The largest absolute Gasteiger partial charge is 0.453 e. The van der Waals surface area contributed by atoms with E-state index in [9.17, 15) is 14.4 Å². The average Bonchev–Trinajstić information content (AvgIpc) is 2.85. The third-order valence-electron chi connectivity index (χ3n) is 2.78. The molecule has 1 aromatic rings. The molecule has 0 atom stereocenters. The lowest BCUT2D eigenvalue weighted by Crippen LogP contribution is -2.21. The van der Waals surface area contributed by atoms with E-state index in [2.05, 4.69) is 25.7 Å². The minimum atomic E-state index is -0.712. The standard InChI is InChI=1S/C12H19N5O6/c1-13-10(18)22-5-7-8(6-23-11(19)14-2)17(3)9(15-7)16-12(20)21-4/h5-6H2,1-4H3,(H,13,18)(H,14,19)(H,15,16,20). The summed E-state index contributed by atoms with van der Waals surface area (Å²) in [5, 5.41) is 7.00. The fourth-order valence-corrected chi connectivity index (χ4v) is 1.55. The number of amides is 3. The van der Waals surface area contributed by atoms with Gasteiger partial charge in [-0.15, -0.1) is 0 Å². The van der Waals surface area contributed by atoms with Crippen LogP contribution in [0.15, 0.2) is 0 Å². The summed E-state index contributed by atoms with van der Waals surface area (Å²) in [5.41, 5.74) is 0.773. The first-order valence-corrected chi connectivity index (χ1v) is 6.51. The normalized spacial score (nSPS) is 9.74. The van der Waals surface area contributed by atoms with Crippen LogP contribution in [0, 0.1) is 0 Å². The van der Waals surface area contributed by atoms with Gasteiger partial charge in [0.2, 0.25) is 5.95 Å². The molecule has 0 aromatic carbocycles. The van der Waals surface area contributed by atoms with Gasteiger partial charge >= 0.3 is 18.3 Å². The Labute approximate surface area is 132 Å². The van der Waals surface area contributed by atoms with Gasteiger partial charge in [0, 0.05) is 21.1 Å². The number of rotatable bonds is 5. The number of carbonyl (C=O) groups is 3. The number of carbonyl (C=O) groups excluding carboxylic acids is 3. The number of aromatic nitrogens is 2. The van der Waals surface area contributed by atoms with Gasteiger partial charge in [-0.1, -0.05) is 0 Å². The van der Waals surface area contributed by atoms with Crippen molar-refractivity contribution in [2.75, 3.05) is 26.5 Å². The molecule has 11 heteroatoms. The van der Waals surface area contributed by atoms with Crippen molar-refractivity contribution < 1.29 is 28.6 Å². The van der Waals surface area contributed by atoms with Crippen molar-refractivity contribution in [2.24, 2.45) is 7.05 Å². The monoisotopic (exact) mass is 329 g/mol. The number of nitrogens with one attached hydrogen (secondary N) is 3. The second kappa shape index (κ2) is 8.46. The Balaban J connectivity index is 2.98. The van der Waals surface area contributed by atoms with Gasteiger partial charge in [-0.2, -0.15) is 0 Å². The first kappa shape index (κ1) is 18.1. The summed E-state index contributed by atoms with van der Waals surface area (Å²) in [6.07, 6.45) is -1.99. The second-order valence-electron chi connectivity index (χ2n) is 4.16. The van der Waals surface area contributed by atoms with E-state index in [0.717, 1.165) is 0 Å². The molecule has 0 radical (unpaired) electrons. The maximum Gasteiger partial charge on any atom is 0.413 e. The predicted octanol–water partition coefficient (Wildman–Crippen LogP) is 0.310. The van der Waals surface area contributed by atoms with Gasteiger partial charge in [-0.3, -0.25) is 5.32 Å². The number of ether oxygens (including phenoxy) is 3. The van der Waals surface area contributed by atoms with E-state index in [4.69, 9.17) is 9.47 Å². The molecular weight excluding hydrogens is 310 g/mol. The fraction of sp³-hybridized carbons (Fsp3) is 0.500. The fourth-order valence-electron chi connectivity index (χ4n) is 1.55. The van der Waals surface area contributed by atoms with Crippen molar-refractivity contribution in [2.45, 2.75) is 13.2 Å². The van der Waals surface area contributed by atoms with Gasteiger partial charge in [0.15, 0.2) is 0 Å². The Bertz CT molecular complexity index is 585. The van der Waals surface area contributed by atoms with E-state index in [0.29, 0.717) is 11.4 Å². The summed E-state index contributed by atoms with van der Waals surface area (Å²) in [7, 11) is 5.65. The third-order valence-corrected chi connectivity index (χ3v) is 2.78. The van der Waals surface area contributed by atoms with Crippen LogP contribution in [0.4, 0.5) is 20.3 Å². The number of imidazole rings is 1. The minimum absolute atomic E-state index is 0.127. The highest BCUT2D eigenvalue weighted by molar-refractivity contribution is 5.82.